The van der Waals surface area contributed by atoms with Crippen LogP contribution >= 0.6 is 0 Å². The van der Waals surface area contributed by atoms with Crippen LogP contribution in [0.3, 0.4) is 0 Å². The Balaban J connectivity index is 1.87. The molecule has 1 heterocycles. The minimum Gasteiger partial charge on any atom is -0.465 e. The van der Waals surface area contributed by atoms with Crippen LogP contribution in [0.4, 0.5) is 8.78 Å². The zero-order chi connectivity index (χ0) is 25.0. The summed E-state index contributed by atoms with van der Waals surface area (Å²) in [7, 11) is 2.65. The number of hydrogen-bond acceptors (Lipinski definition) is 6. The van der Waals surface area contributed by atoms with Gasteiger partial charge in [0.1, 0.15) is 17.0 Å². The highest BCUT2D eigenvalue weighted by Crippen LogP contribution is 2.33. The van der Waals surface area contributed by atoms with Crippen LogP contribution in [0.1, 0.15) is 68.6 Å². The molecule has 0 saturated carbocycles. The smallest absolute Gasteiger partial charge is 0.337 e. The van der Waals surface area contributed by atoms with Crippen LogP contribution in [0.5, 0.6) is 11.6 Å². The van der Waals surface area contributed by atoms with Gasteiger partial charge in [-0.25, -0.2) is 18.3 Å². The Morgan fingerprint density at radius 3 is 2.12 bits per heavy atom. The number of methoxy groups -OCH3 is 1. The van der Waals surface area contributed by atoms with Gasteiger partial charge in [0.05, 0.1) is 18.7 Å². The number of aromatic nitrogens is 2. The first-order valence-electron chi connectivity index (χ1n) is 10.2. The number of benzene rings is 2. The maximum atomic E-state index is 13.7. The molecule has 0 radical (unpaired) electrons. The van der Waals surface area contributed by atoms with Crippen molar-refractivity contribution in [2.24, 2.45) is 7.05 Å². The maximum absolute atomic E-state index is 13.7. The average Bonchev–Trinajstić information content (AvgIpc) is 3.15. The van der Waals surface area contributed by atoms with Crippen LogP contribution in [0.25, 0.3) is 0 Å². The fraction of sp³-hybridized carbons (Fsp3) is 0.250. The molecule has 0 fully saturated rings. The Bertz CT molecular complexity index is 1200. The van der Waals surface area contributed by atoms with E-state index in [2.05, 4.69) is 15.2 Å². The van der Waals surface area contributed by atoms with Gasteiger partial charge in [0.15, 0.2) is 5.78 Å². The molecular formula is C24H23F2N3O5. The van der Waals surface area contributed by atoms with E-state index in [4.69, 9.17) is 4.74 Å². The van der Waals surface area contributed by atoms with Gasteiger partial charge in [-0.05, 0) is 55.8 Å². The predicted octanol–water partition coefficient (Wildman–Crippen LogP) is 4.63. The SMILES string of the molecule is COC(=O)c1ccc(C(C)NC(=O)c2c(C(F)F)nn(C)c2Oc2ccc(C(C)=O)cc2)cc1. The predicted molar refractivity (Wildman–Crippen MR) is 118 cm³/mol. The van der Waals surface area contributed by atoms with E-state index in [1.54, 1.807) is 19.1 Å². The maximum Gasteiger partial charge on any atom is 0.337 e. The molecule has 2 aromatic carbocycles. The lowest BCUT2D eigenvalue weighted by molar-refractivity contribution is 0.0600. The quantitative estimate of drug-likeness (QED) is 0.380. The molecule has 1 N–H and O–H groups in total. The summed E-state index contributed by atoms with van der Waals surface area (Å²) in [6, 6.07) is 11.8. The van der Waals surface area contributed by atoms with Gasteiger partial charge in [-0.2, -0.15) is 5.10 Å². The molecule has 0 bridgehead atoms. The Morgan fingerprint density at radius 2 is 1.59 bits per heavy atom. The minimum absolute atomic E-state index is 0.138. The minimum atomic E-state index is -3.01. The number of hydrogen-bond donors (Lipinski definition) is 1. The van der Waals surface area contributed by atoms with Crippen molar-refractivity contribution in [1.29, 1.82) is 0 Å². The molecule has 3 rings (SSSR count). The number of alkyl halides is 2. The third kappa shape index (κ3) is 5.28. The summed E-state index contributed by atoms with van der Waals surface area (Å²) in [6.45, 7) is 3.09. The van der Waals surface area contributed by atoms with E-state index in [1.807, 2.05) is 0 Å². The molecule has 1 unspecified atom stereocenters. The second-order valence-corrected chi connectivity index (χ2v) is 7.48. The van der Waals surface area contributed by atoms with Crippen LogP contribution in [-0.2, 0) is 11.8 Å². The van der Waals surface area contributed by atoms with Crippen LogP contribution in [-0.4, -0.2) is 34.6 Å². The van der Waals surface area contributed by atoms with Crippen LogP contribution in [0, 0.1) is 0 Å². The largest absolute Gasteiger partial charge is 0.465 e. The Hall–Kier alpha value is -4.08. The molecule has 0 spiro atoms. The molecule has 8 nitrogen and oxygen atoms in total. The van der Waals surface area contributed by atoms with E-state index in [0.29, 0.717) is 16.7 Å². The van der Waals surface area contributed by atoms with E-state index in [-0.39, 0.29) is 17.4 Å². The standard InChI is InChI=1S/C24H23F2N3O5/c1-13(15-5-7-17(8-6-15)24(32)33-4)27-22(31)19-20(21(25)26)28-29(3)23(19)34-18-11-9-16(10-12-18)14(2)30/h5-13,21H,1-4H3,(H,27,31). The van der Waals surface area contributed by atoms with Crippen molar-refractivity contribution in [3.63, 3.8) is 0 Å². The van der Waals surface area contributed by atoms with Gasteiger partial charge in [-0.15, -0.1) is 0 Å². The Labute approximate surface area is 194 Å². The van der Waals surface area contributed by atoms with E-state index in [1.165, 1.54) is 57.5 Å². The highest BCUT2D eigenvalue weighted by Gasteiger charge is 2.30. The van der Waals surface area contributed by atoms with Gasteiger partial charge in [-0.1, -0.05) is 12.1 Å². The average molecular weight is 471 g/mol. The van der Waals surface area contributed by atoms with E-state index in [0.717, 1.165) is 4.68 Å². The van der Waals surface area contributed by atoms with E-state index in [9.17, 15) is 23.2 Å². The van der Waals surface area contributed by atoms with Crippen molar-refractivity contribution >= 4 is 17.7 Å². The number of nitrogens with one attached hydrogen (secondary N) is 1. The molecule has 0 aliphatic carbocycles. The number of carbonyl (C=O) groups excluding carboxylic acids is 3. The first kappa shape index (κ1) is 24.6. The van der Waals surface area contributed by atoms with Crippen molar-refractivity contribution in [1.82, 2.24) is 15.1 Å². The van der Waals surface area contributed by atoms with Gasteiger partial charge in [-0.3, -0.25) is 9.59 Å². The molecule has 3 aromatic rings. The van der Waals surface area contributed by atoms with Gasteiger partial charge in [0.2, 0.25) is 5.88 Å². The van der Waals surface area contributed by atoms with E-state index < -0.39 is 35.6 Å². The Morgan fingerprint density at radius 1 is 1.00 bits per heavy atom. The number of carbonyl (C=O) groups is 3. The van der Waals surface area contributed by atoms with Crippen molar-refractivity contribution in [2.45, 2.75) is 26.3 Å². The zero-order valence-electron chi connectivity index (χ0n) is 19.0. The lowest BCUT2D eigenvalue weighted by atomic mass is 10.1. The number of halogens is 2. The number of rotatable bonds is 8. The fourth-order valence-corrected chi connectivity index (χ4v) is 3.26. The summed E-state index contributed by atoms with van der Waals surface area (Å²) in [5.41, 5.74) is 0.319. The number of Topliss-reactive ketones (excluding diaryl/α,β-unsaturated/α-hetero) is 1. The van der Waals surface area contributed by atoms with Crippen molar-refractivity contribution < 1.29 is 32.6 Å². The third-order valence-electron chi connectivity index (χ3n) is 5.11. The highest BCUT2D eigenvalue weighted by molar-refractivity contribution is 5.98. The lowest BCUT2D eigenvalue weighted by Gasteiger charge is -2.16. The second kappa shape index (κ2) is 10.2. The molecule has 1 aromatic heterocycles. The molecule has 178 valence electrons. The Kier molecular flexibility index (Phi) is 7.40. The second-order valence-electron chi connectivity index (χ2n) is 7.48. The summed E-state index contributed by atoms with van der Waals surface area (Å²) >= 11 is 0. The van der Waals surface area contributed by atoms with E-state index >= 15 is 0 Å². The van der Waals surface area contributed by atoms with Crippen LogP contribution in [0.2, 0.25) is 0 Å². The molecule has 34 heavy (non-hydrogen) atoms. The monoisotopic (exact) mass is 471 g/mol. The number of nitrogens with zero attached hydrogens (tertiary/aromatic N) is 2. The van der Waals surface area contributed by atoms with Gasteiger partial charge < -0.3 is 14.8 Å². The fourth-order valence-electron chi connectivity index (χ4n) is 3.26. The van der Waals surface area contributed by atoms with Gasteiger partial charge in [0, 0.05) is 12.6 Å². The highest BCUT2D eigenvalue weighted by atomic mass is 19.3. The van der Waals surface area contributed by atoms with Gasteiger partial charge in [0.25, 0.3) is 12.3 Å². The number of amides is 1. The first-order chi connectivity index (χ1) is 16.1. The number of aryl methyl sites for hydroxylation is 1. The van der Waals surface area contributed by atoms with Crippen LogP contribution < -0.4 is 10.1 Å². The van der Waals surface area contributed by atoms with Crippen LogP contribution in [0.15, 0.2) is 48.5 Å². The summed E-state index contributed by atoms with van der Waals surface area (Å²) in [6.07, 6.45) is -3.01. The molecule has 10 heteroatoms. The van der Waals surface area contributed by atoms with Crippen molar-refractivity contribution in [3.8, 4) is 11.6 Å². The summed E-state index contributed by atoms with van der Waals surface area (Å²) < 4.78 is 38.8. The summed E-state index contributed by atoms with van der Waals surface area (Å²) in [5, 5.41) is 6.44. The third-order valence-corrected chi connectivity index (χ3v) is 5.11. The van der Waals surface area contributed by atoms with Gasteiger partial charge >= 0.3 is 5.97 Å². The molecule has 1 atom stereocenters. The number of ketones is 1. The molecule has 1 amide bonds. The zero-order valence-corrected chi connectivity index (χ0v) is 19.0. The molecule has 0 saturated heterocycles. The topological polar surface area (TPSA) is 99.5 Å². The lowest BCUT2D eigenvalue weighted by Crippen LogP contribution is -2.27. The number of ether oxygens (including phenoxy) is 2. The first-order valence-corrected chi connectivity index (χ1v) is 10.2. The van der Waals surface area contributed by atoms with Crippen molar-refractivity contribution in [2.75, 3.05) is 7.11 Å². The van der Waals surface area contributed by atoms with Crippen molar-refractivity contribution in [3.05, 3.63) is 76.5 Å². The summed E-state index contributed by atoms with van der Waals surface area (Å²) in [5.74, 6) is -1.37. The molecule has 0 aliphatic heterocycles. The molecule has 0 aliphatic rings. The normalized spacial score (nSPS) is 11.7. The molecular weight excluding hydrogens is 448 g/mol. The number of esters is 1. The summed E-state index contributed by atoms with van der Waals surface area (Å²) in [4.78, 5) is 36.1.